The van der Waals surface area contributed by atoms with E-state index in [0.29, 0.717) is 17.1 Å². The number of nitrogens with zero attached hydrogens (tertiary/aromatic N) is 1. The zero-order valence-corrected chi connectivity index (χ0v) is 17.9. The molecule has 4 rings (SSSR count). The summed E-state index contributed by atoms with van der Waals surface area (Å²) in [5.41, 5.74) is 4.07. The molecule has 2 heterocycles. The van der Waals surface area contributed by atoms with E-state index >= 15 is 0 Å². The van der Waals surface area contributed by atoms with Crippen LogP contribution in [0.1, 0.15) is 28.4 Å². The molecular formula is C21H23BrClNO5. The van der Waals surface area contributed by atoms with Gasteiger partial charge in [-0.2, -0.15) is 0 Å². The molecular weight excluding hydrogens is 462 g/mol. The van der Waals surface area contributed by atoms with Gasteiger partial charge in [0.05, 0.1) is 6.61 Å². The highest BCUT2D eigenvalue weighted by Crippen LogP contribution is 2.35. The molecule has 1 fully saturated rings. The summed E-state index contributed by atoms with van der Waals surface area (Å²) in [6, 6.07) is 11.5. The fourth-order valence-electron chi connectivity index (χ4n) is 4.07. The van der Waals surface area contributed by atoms with Gasteiger partial charge in [0, 0.05) is 29.1 Å². The molecule has 156 valence electrons. The van der Waals surface area contributed by atoms with Crippen molar-refractivity contribution in [2.75, 3.05) is 6.61 Å². The van der Waals surface area contributed by atoms with Gasteiger partial charge in [-0.05, 0) is 34.4 Å². The van der Waals surface area contributed by atoms with Gasteiger partial charge >= 0.3 is 0 Å². The fourth-order valence-corrected chi connectivity index (χ4v) is 4.78. The minimum atomic E-state index is -1.41. The molecule has 29 heavy (non-hydrogen) atoms. The van der Waals surface area contributed by atoms with Gasteiger partial charge in [-0.15, -0.1) is 0 Å². The third-order valence-electron chi connectivity index (χ3n) is 5.68. The third kappa shape index (κ3) is 4.11. The summed E-state index contributed by atoms with van der Waals surface area (Å²) in [4.78, 5) is 2.27. The number of aliphatic hydroxyl groups excluding tert-OH is 4. The largest absolute Gasteiger partial charge is 0.394 e. The molecule has 0 aromatic heterocycles. The minimum absolute atomic E-state index is 0.456. The molecule has 2 aromatic rings. The first kappa shape index (κ1) is 21.2. The van der Waals surface area contributed by atoms with Gasteiger partial charge < -0.3 is 25.2 Å². The Balaban J connectivity index is 1.55. The van der Waals surface area contributed by atoms with Crippen LogP contribution in [0.4, 0.5) is 0 Å². The van der Waals surface area contributed by atoms with Crippen molar-refractivity contribution in [3.05, 3.63) is 68.1 Å². The number of rotatable bonds is 4. The highest BCUT2D eigenvalue weighted by atomic mass is 79.9. The van der Waals surface area contributed by atoms with Crippen LogP contribution in [-0.2, 0) is 24.4 Å². The van der Waals surface area contributed by atoms with Crippen LogP contribution in [-0.4, -0.2) is 56.3 Å². The lowest BCUT2D eigenvalue weighted by Gasteiger charge is -2.40. The number of halogens is 2. The summed E-state index contributed by atoms with van der Waals surface area (Å²) >= 11 is 10.0. The number of hydrogen-bond acceptors (Lipinski definition) is 6. The SMILES string of the molecule is OCC1OC(c2ccc(Cl)c(CN3Cc4cccc(Br)c4C3)c2)C(O)C(O)C1O. The van der Waals surface area contributed by atoms with Crippen molar-refractivity contribution in [2.24, 2.45) is 0 Å². The molecule has 4 N–H and O–H groups in total. The smallest absolute Gasteiger partial charge is 0.113 e. The van der Waals surface area contributed by atoms with Gasteiger partial charge in [-0.3, -0.25) is 4.90 Å². The Kier molecular flexibility index (Phi) is 6.30. The highest BCUT2D eigenvalue weighted by molar-refractivity contribution is 9.10. The molecule has 0 radical (unpaired) electrons. The van der Waals surface area contributed by atoms with Crippen LogP contribution in [0.5, 0.6) is 0 Å². The quantitative estimate of drug-likeness (QED) is 0.531. The summed E-state index contributed by atoms with van der Waals surface area (Å²) in [6.45, 7) is 1.78. The molecule has 5 unspecified atom stereocenters. The molecule has 0 bridgehead atoms. The number of hydrogen-bond donors (Lipinski definition) is 4. The monoisotopic (exact) mass is 483 g/mol. The van der Waals surface area contributed by atoms with Crippen LogP contribution < -0.4 is 0 Å². The Bertz CT molecular complexity index is 895. The summed E-state index contributed by atoms with van der Waals surface area (Å²) < 4.78 is 6.77. The summed E-state index contributed by atoms with van der Waals surface area (Å²) in [5, 5.41) is 40.5. The molecule has 5 atom stereocenters. The molecule has 8 heteroatoms. The van der Waals surface area contributed by atoms with Crippen molar-refractivity contribution in [1.82, 2.24) is 4.90 Å². The lowest BCUT2D eigenvalue weighted by Crippen LogP contribution is -2.55. The number of fused-ring (bicyclic) bond motifs is 1. The second kappa shape index (κ2) is 8.61. The highest BCUT2D eigenvalue weighted by Gasteiger charge is 2.44. The van der Waals surface area contributed by atoms with E-state index < -0.39 is 37.1 Å². The summed E-state index contributed by atoms with van der Waals surface area (Å²) in [5.74, 6) is 0. The van der Waals surface area contributed by atoms with E-state index in [4.69, 9.17) is 16.3 Å². The Morgan fingerprint density at radius 1 is 1.07 bits per heavy atom. The second-order valence-electron chi connectivity index (χ2n) is 7.62. The number of benzene rings is 2. The predicted molar refractivity (Wildman–Crippen MR) is 111 cm³/mol. The summed E-state index contributed by atoms with van der Waals surface area (Å²) in [7, 11) is 0. The van der Waals surface area contributed by atoms with Gasteiger partial charge in [0.25, 0.3) is 0 Å². The molecule has 2 aromatic carbocycles. The van der Waals surface area contributed by atoms with Crippen LogP contribution in [0.25, 0.3) is 0 Å². The topological polar surface area (TPSA) is 93.4 Å². The number of ether oxygens (including phenoxy) is 1. The van der Waals surface area contributed by atoms with Gasteiger partial charge in [0.15, 0.2) is 0 Å². The molecule has 6 nitrogen and oxygen atoms in total. The maximum absolute atomic E-state index is 10.4. The van der Waals surface area contributed by atoms with E-state index in [1.54, 1.807) is 12.1 Å². The zero-order valence-electron chi connectivity index (χ0n) is 15.6. The standard InChI is InChI=1S/C21H23BrClNO5/c22-15-3-1-2-12-7-24(9-14(12)15)8-13-6-11(4-5-16(13)23)21-20(28)19(27)18(26)17(10-25)29-21/h1-6,17-21,25-28H,7-10H2. The van der Waals surface area contributed by atoms with E-state index in [1.807, 2.05) is 18.2 Å². The van der Waals surface area contributed by atoms with Crippen molar-refractivity contribution in [3.63, 3.8) is 0 Å². The van der Waals surface area contributed by atoms with Crippen molar-refractivity contribution in [2.45, 2.75) is 50.2 Å². The summed E-state index contributed by atoms with van der Waals surface area (Å²) in [6.07, 6.45) is -5.90. The Morgan fingerprint density at radius 3 is 2.59 bits per heavy atom. The molecule has 2 aliphatic heterocycles. The van der Waals surface area contributed by atoms with E-state index in [1.165, 1.54) is 11.1 Å². The van der Waals surface area contributed by atoms with Gasteiger partial charge in [0.1, 0.15) is 30.5 Å². The molecule has 0 saturated carbocycles. The maximum atomic E-state index is 10.4. The van der Waals surface area contributed by atoms with Crippen LogP contribution in [0, 0.1) is 0 Å². The Hall–Kier alpha value is -1.03. The van der Waals surface area contributed by atoms with E-state index in [0.717, 1.165) is 23.1 Å². The maximum Gasteiger partial charge on any atom is 0.113 e. The molecule has 1 saturated heterocycles. The van der Waals surface area contributed by atoms with Crippen LogP contribution in [0.3, 0.4) is 0 Å². The van der Waals surface area contributed by atoms with Crippen LogP contribution in [0.2, 0.25) is 5.02 Å². The van der Waals surface area contributed by atoms with Crippen molar-refractivity contribution >= 4 is 27.5 Å². The van der Waals surface area contributed by atoms with Crippen molar-refractivity contribution in [3.8, 4) is 0 Å². The number of aliphatic hydroxyl groups is 4. The van der Waals surface area contributed by atoms with E-state index in [9.17, 15) is 20.4 Å². The first-order chi connectivity index (χ1) is 13.9. The second-order valence-corrected chi connectivity index (χ2v) is 8.88. The average Bonchev–Trinajstić information content (AvgIpc) is 3.12. The fraction of sp³-hybridized carbons (Fsp3) is 0.429. The van der Waals surface area contributed by atoms with Crippen LogP contribution >= 0.6 is 27.5 Å². The van der Waals surface area contributed by atoms with Gasteiger partial charge in [-0.1, -0.05) is 51.8 Å². The molecule has 0 amide bonds. The Labute approximate surface area is 182 Å². The Morgan fingerprint density at radius 2 is 1.86 bits per heavy atom. The van der Waals surface area contributed by atoms with E-state index in [-0.39, 0.29) is 0 Å². The van der Waals surface area contributed by atoms with Gasteiger partial charge in [0.2, 0.25) is 0 Å². The van der Waals surface area contributed by atoms with Gasteiger partial charge in [-0.25, -0.2) is 0 Å². The third-order valence-corrected chi connectivity index (χ3v) is 6.79. The van der Waals surface area contributed by atoms with Crippen LogP contribution in [0.15, 0.2) is 40.9 Å². The minimum Gasteiger partial charge on any atom is -0.394 e. The lowest BCUT2D eigenvalue weighted by molar-refractivity contribution is -0.231. The first-order valence-electron chi connectivity index (χ1n) is 9.46. The molecule has 0 spiro atoms. The average molecular weight is 485 g/mol. The first-order valence-corrected chi connectivity index (χ1v) is 10.6. The predicted octanol–water partition coefficient (Wildman–Crippen LogP) is 2.13. The normalized spacial score (nSPS) is 29.8. The van der Waals surface area contributed by atoms with E-state index in [2.05, 4.69) is 26.9 Å². The molecule has 2 aliphatic rings. The molecule has 0 aliphatic carbocycles. The van der Waals surface area contributed by atoms with Crippen molar-refractivity contribution < 1.29 is 25.2 Å². The lowest BCUT2D eigenvalue weighted by atomic mass is 9.90. The van der Waals surface area contributed by atoms with Crippen molar-refractivity contribution in [1.29, 1.82) is 0 Å². The zero-order chi connectivity index (χ0) is 20.7.